The first kappa shape index (κ1) is 19.8. The molecular formula is C14H25F3O3SSi. The van der Waals surface area contributed by atoms with Gasteiger partial charge in [0.15, 0.2) is 13.8 Å². The minimum Gasteiger partial charge on any atom is -0.451 e. The van der Waals surface area contributed by atoms with Gasteiger partial charge in [-0.3, -0.25) is 4.79 Å². The molecule has 1 rings (SSSR count). The van der Waals surface area contributed by atoms with Crippen LogP contribution in [0.4, 0.5) is 13.2 Å². The fraction of sp³-hybridized carbons (Fsp3) is 0.929. The molecule has 0 N–H and O–H groups in total. The van der Waals surface area contributed by atoms with Crippen LogP contribution in [0.15, 0.2) is 0 Å². The predicted octanol–water partition coefficient (Wildman–Crippen LogP) is 4.58. The SMILES string of the molecule is CC(=O)OC1S[C@@H](CO[Si](C)(C)C(C)(C)C)C[C@H]1C(F)(F)F. The van der Waals surface area contributed by atoms with E-state index in [0.29, 0.717) is 0 Å². The molecule has 8 heteroatoms. The van der Waals surface area contributed by atoms with Gasteiger partial charge in [-0.05, 0) is 24.6 Å². The summed E-state index contributed by atoms with van der Waals surface area (Å²) in [4.78, 5) is 11.0. The van der Waals surface area contributed by atoms with Crippen molar-refractivity contribution >= 4 is 26.0 Å². The number of rotatable bonds is 4. The van der Waals surface area contributed by atoms with Crippen LogP contribution in [0, 0.1) is 5.92 Å². The molecule has 1 fully saturated rings. The summed E-state index contributed by atoms with van der Waals surface area (Å²) in [5.74, 6) is -2.30. The van der Waals surface area contributed by atoms with Crippen molar-refractivity contribution in [1.29, 1.82) is 0 Å². The highest BCUT2D eigenvalue weighted by atomic mass is 32.2. The second-order valence-corrected chi connectivity index (χ2v) is 13.4. The van der Waals surface area contributed by atoms with Crippen LogP contribution >= 0.6 is 11.8 Å². The number of hydrogen-bond donors (Lipinski definition) is 0. The van der Waals surface area contributed by atoms with Crippen LogP contribution in [0.5, 0.6) is 0 Å². The maximum Gasteiger partial charge on any atom is 0.396 e. The fourth-order valence-corrected chi connectivity index (χ4v) is 4.58. The van der Waals surface area contributed by atoms with Gasteiger partial charge in [0.2, 0.25) is 0 Å². The second kappa shape index (κ2) is 6.73. The zero-order valence-corrected chi connectivity index (χ0v) is 15.7. The number of thioether (sulfide) groups is 1. The lowest BCUT2D eigenvalue weighted by Gasteiger charge is -2.36. The van der Waals surface area contributed by atoms with E-state index >= 15 is 0 Å². The van der Waals surface area contributed by atoms with Gasteiger partial charge in [0.05, 0.1) is 0 Å². The number of ether oxygens (including phenoxy) is 1. The lowest BCUT2D eigenvalue weighted by Crippen LogP contribution is -2.42. The Balaban J connectivity index is 2.69. The molecule has 1 unspecified atom stereocenters. The van der Waals surface area contributed by atoms with Gasteiger partial charge in [0.1, 0.15) is 5.92 Å². The molecule has 22 heavy (non-hydrogen) atoms. The molecule has 0 spiro atoms. The Kier molecular flexibility index (Phi) is 6.06. The third-order valence-corrected chi connectivity index (χ3v) is 10.2. The highest BCUT2D eigenvalue weighted by Crippen LogP contribution is 2.48. The molecular weight excluding hydrogens is 333 g/mol. The summed E-state index contributed by atoms with van der Waals surface area (Å²) in [6.45, 7) is 11.8. The molecule has 130 valence electrons. The highest BCUT2D eigenvalue weighted by molar-refractivity contribution is 8.00. The Morgan fingerprint density at radius 2 is 1.82 bits per heavy atom. The number of alkyl halides is 3. The van der Waals surface area contributed by atoms with Gasteiger partial charge in [0.25, 0.3) is 0 Å². The Bertz CT molecular complexity index is 407. The normalized spacial score (nSPS) is 27.0. The Morgan fingerprint density at radius 1 is 1.27 bits per heavy atom. The zero-order valence-electron chi connectivity index (χ0n) is 13.9. The minimum absolute atomic E-state index is 0.00891. The molecule has 0 aliphatic carbocycles. The molecule has 0 radical (unpaired) electrons. The molecule has 0 aromatic carbocycles. The van der Waals surface area contributed by atoms with E-state index in [1.54, 1.807) is 0 Å². The van der Waals surface area contributed by atoms with E-state index in [1.165, 1.54) is 0 Å². The largest absolute Gasteiger partial charge is 0.451 e. The van der Waals surface area contributed by atoms with Gasteiger partial charge < -0.3 is 9.16 Å². The van der Waals surface area contributed by atoms with Crippen LogP contribution in [0.2, 0.25) is 18.1 Å². The topological polar surface area (TPSA) is 35.5 Å². The van der Waals surface area contributed by atoms with E-state index in [1.807, 2.05) is 0 Å². The van der Waals surface area contributed by atoms with E-state index in [9.17, 15) is 18.0 Å². The average Bonchev–Trinajstić information content (AvgIpc) is 2.67. The van der Waals surface area contributed by atoms with Crippen LogP contribution in [0.3, 0.4) is 0 Å². The molecule has 0 amide bonds. The van der Waals surface area contributed by atoms with Crippen LogP contribution in [-0.2, 0) is 14.0 Å². The molecule has 3 atom stereocenters. The lowest BCUT2D eigenvalue weighted by molar-refractivity contribution is -0.194. The predicted molar refractivity (Wildman–Crippen MR) is 84.2 cm³/mol. The van der Waals surface area contributed by atoms with Gasteiger partial charge in [0, 0.05) is 18.8 Å². The Hall–Kier alpha value is -0.213. The second-order valence-electron chi connectivity index (χ2n) is 7.19. The van der Waals surface area contributed by atoms with Crippen molar-refractivity contribution in [3.8, 4) is 0 Å². The lowest BCUT2D eigenvalue weighted by atomic mass is 10.0. The van der Waals surface area contributed by atoms with E-state index in [0.717, 1.165) is 18.7 Å². The molecule has 1 aliphatic rings. The molecule has 1 heterocycles. The maximum absolute atomic E-state index is 13.1. The van der Waals surface area contributed by atoms with Crippen molar-refractivity contribution in [2.75, 3.05) is 6.61 Å². The summed E-state index contributed by atoms with van der Waals surface area (Å²) >= 11 is 1.06. The van der Waals surface area contributed by atoms with E-state index < -0.39 is 31.8 Å². The van der Waals surface area contributed by atoms with Crippen molar-refractivity contribution in [2.45, 2.75) is 69.1 Å². The first-order valence-electron chi connectivity index (χ1n) is 7.27. The first-order chi connectivity index (χ1) is 9.74. The van der Waals surface area contributed by atoms with Gasteiger partial charge in [-0.2, -0.15) is 13.2 Å². The quantitative estimate of drug-likeness (QED) is 0.544. The van der Waals surface area contributed by atoms with Crippen molar-refractivity contribution in [2.24, 2.45) is 5.92 Å². The number of hydrogen-bond acceptors (Lipinski definition) is 4. The summed E-state index contributed by atoms with van der Waals surface area (Å²) in [5.41, 5.74) is -1.16. The summed E-state index contributed by atoms with van der Waals surface area (Å²) in [7, 11) is -2.00. The highest BCUT2D eigenvalue weighted by Gasteiger charge is 2.53. The third kappa shape index (κ3) is 5.16. The van der Waals surface area contributed by atoms with Gasteiger partial charge in [-0.25, -0.2) is 0 Å². The van der Waals surface area contributed by atoms with Crippen molar-refractivity contribution in [3.63, 3.8) is 0 Å². The van der Waals surface area contributed by atoms with E-state index in [-0.39, 0.29) is 23.3 Å². The van der Waals surface area contributed by atoms with Gasteiger partial charge in [-0.15, -0.1) is 11.8 Å². The first-order valence-corrected chi connectivity index (χ1v) is 11.1. The van der Waals surface area contributed by atoms with Crippen LogP contribution in [-0.4, -0.2) is 37.8 Å². The monoisotopic (exact) mass is 358 g/mol. The van der Waals surface area contributed by atoms with Crippen LogP contribution in [0.1, 0.15) is 34.1 Å². The molecule has 0 bridgehead atoms. The molecule has 0 saturated carbocycles. The average molecular weight is 358 g/mol. The zero-order chi connectivity index (χ0) is 17.3. The summed E-state index contributed by atoms with van der Waals surface area (Å²) in [6.07, 6.45) is -4.43. The number of esters is 1. The number of carbonyl (C=O) groups is 1. The number of carbonyl (C=O) groups excluding carboxylic acids is 1. The molecule has 1 saturated heterocycles. The third-order valence-electron chi connectivity index (χ3n) is 4.31. The number of halogens is 3. The van der Waals surface area contributed by atoms with Crippen molar-refractivity contribution in [1.82, 2.24) is 0 Å². The van der Waals surface area contributed by atoms with Gasteiger partial charge in [-0.1, -0.05) is 20.8 Å². The summed E-state index contributed by atoms with van der Waals surface area (Å²) < 4.78 is 50.0. The van der Waals surface area contributed by atoms with Crippen molar-refractivity contribution < 1.29 is 27.1 Å². The van der Waals surface area contributed by atoms with E-state index in [2.05, 4.69) is 33.9 Å². The Morgan fingerprint density at radius 3 is 2.23 bits per heavy atom. The molecule has 1 aliphatic heterocycles. The fourth-order valence-electron chi connectivity index (χ4n) is 1.92. The minimum atomic E-state index is -4.36. The Labute approximate surface area is 135 Å². The summed E-state index contributed by atoms with van der Waals surface area (Å²) in [6, 6.07) is 0. The molecule has 0 aromatic rings. The van der Waals surface area contributed by atoms with E-state index in [4.69, 9.17) is 9.16 Å². The van der Waals surface area contributed by atoms with Crippen LogP contribution in [0.25, 0.3) is 0 Å². The molecule has 0 aromatic heterocycles. The van der Waals surface area contributed by atoms with Gasteiger partial charge >= 0.3 is 12.1 Å². The smallest absolute Gasteiger partial charge is 0.396 e. The molecule has 3 nitrogen and oxygen atoms in total. The van der Waals surface area contributed by atoms with Crippen molar-refractivity contribution in [3.05, 3.63) is 0 Å². The summed E-state index contributed by atoms with van der Waals surface area (Å²) in [5, 5.41) is -0.292. The maximum atomic E-state index is 13.1. The van der Waals surface area contributed by atoms with Crippen LogP contribution < -0.4 is 0 Å². The standard InChI is InChI=1S/C14H25F3O3SSi/c1-9(18)20-12-11(14(15,16)17)7-10(21-12)8-19-22(5,6)13(2,3)4/h10-12H,7-8H2,1-6H3/t10-,11-,12?/m1/s1.